The number of aryl methyl sites for hydroxylation is 2. The molecule has 1 N–H and O–H groups in total. The summed E-state index contributed by atoms with van der Waals surface area (Å²) in [6.45, 7) is 5.84. The topological polar surface area (TPSA) is 86.1 Å². The minimum Gasteiger partial charge on any atom is -0.465 e. The van der Waals surface area contributed by atoms with Gasteiger partial charge in [0, 0.05) is 5.69 Å². The highest BCUT2D eigenvalue weighted by molar-refractivity contribution is 6.04. The summed E-state index contributed by atoms with van der Waals surface area (Å²) in [6.07, 6.45) is 0. The fourth-order valence-corrected chi connectivity index (χ4v) is 2.67. The van der Waals surface area contributed by atoms with E-state index < -0.39 is 11.9 Å². The van der Waals surface area contributed by atoms with E-state index in [9.17, 15) is 9.59 Å². The number of nitrogens with one attached hydrogen (secondary N) is 1. The number of nitrogens with zero attached hydrogens (tertiary/aromatic N) is 3. The number of methoxy groups -OCH3 is 1. The molecule has 0 bridgehead atoms. The zero-order valence-corrected chi connectivity index (χ0v) is 15.6. The monoisotopic (exact) mass is 364 g/mol. The molecular weight excluding hydrogens is 344 g/mol. The predicted molar refractivity (Wildman–Crippen MR) is 101 cm³/mol. The molecule has 0 atom stereocenters. The van der Waals surface area contributed by atoms with Crippen LogP contribution in [0.15, 0.2) is 42.5 Å². The Bertz CT molecular complexity index is 1020. The molecule has 2 aromatic carbocycles. The number of rotatable bonds is 4. The fraction of sp³-hybridized carbons (Fsp3) is 0.200. The Morgan fingerprint density at radius 2 is 1.81 bits per heavy atom. The molecule has 0 spiro atoms. The second kappa shape index (κ2) is 7.41. The Balaban J connectivity index is 1.85. The average Bonchev–Trinajstić information content (AvgIpc) is 3.05. The van der Waals surface area contributed by atoms with Gasteiger partial charge in [0.1, 0.15) is 0 Å². The molecule has 0 saturated carbocycles. The van der Waals surface area contributed by atoms with Gasteiger partial charge < -0.3 is 10.1 Å². The van der Waals surface area contributed by atoms with Crippen molar-refractivity contribution in [1.82, 2.24) is 15.0 Å². The number of esters is 1. The molecule has 0 aliphatic heterocycles. The second-order valence-electron chi connectivity index (χ2n) is 6.23. The predicted octanol–water partition coefficient (Wildman–Crippen LogP) is 3.23. The Kier molecular flexibility index (Phi) is 5.03. The van der Waals surface area contributed by atoms with Crippen LogP contribution in [0.3, 0.4) is 0 Å². The lowest BCUT2D eigenvalue weighted by Crippen LogP contribution is -2.14. The van der Waals surface area contributed by atoms with Crippen molar-refractivity contribution >= 4 is 17.6 Å². The van der Waals surface area contributed by atoms with Gasteiger partial charge in [0.15, 0.2) is 5.69 Å². The van der Waals surface area contributed by atoms with E-state index in [-0.39, 0.29) is 5.69 Å². The summed E-state index contributed by atoms with van der Waals surface area (Å²) in [5.74, 6) is -0.868. The molecule has 0 aliphatic rings. The first kappa shape index (κ1) is 18.3. The molecule has 0 unspecified atom stereocenters. The van der Waals surface area contributed by atoms with Crippen molar-refractivity contribution < 1.29 is 14.3 Å². The summed E-state index contributed by atoms with van der Waals surface area (Å²) >= 11 is 0. The SMILES string of the molecule is COC(=O)c1cccc(NC(=O)c2nnn(-c3ccc(C)c(C)c3)c2C)c1. The van der Waals surface area contributed by atoms with Gasteiger partial charge in [-0.15, -0.1) is 5.10 Å². The maximum atomic E-state index is 12.6. The minimum absolute atomic E-state index is 0.219. The third-order valence-corrected chi connectivity index (χ3v) is 4.39. The maximum Gasteiger partial charge on any atom is 0.337 e. The number of hydrogen-bond donors (Lipinski definition) is 1. The summed E-state index contributed by atoms with van der Waals surface area (Å²) in [5, 5.41) is 10.9. The van der Waals surface area contributed by atoms with Crippen molar-refractivity contribution in [3.05, 3.63) is 70.5 Å². The molecule has 1 heterocycles. The molecule has 0 aliphatic carbocycles. The molecule has 7 heteroatoms. The summed E-state index contributed by atoms with van der Waals surface area (Å²) in [6, 6.07) is 12.5. The highest BCUT2D eigenvalue weighted by atomic mass is 16.5. The van der Waals surface area contributed by atoms with Gasteiger partial charge in [-0.2, -0.15) is 0 Å². The second-order valence-corrected chi connectivity index (χ2v) is 6.23. The Morgan fingerprint density at radius 3 is 2.52 bits per heavy atom. The van der Waals surface area contributed by atoms with Gasteiger partial charge in [0.2, 0.25) is 0 Å². The van der Waals surface area contributed by atoms with Crippen LogP contribution in [0.25, 0.3) is 5.69 Å². The van der Waals surface area contributed by atoms with Crippen LogP contribution in [-0.2, 0) is 4.74 Å². The van der Waals surface area contributed by atoms with Crippen molar-refractivity contribution in [3.63, 3.8) is 0 Å². The zero-order chi connectivity index (χ0) is 19.6. The number of carbonyl (C=O) groups is 2. The molecule has 27 heavy (non-hydrogen) atoms. The third-order valence-electron chi connectivity index (χ3n) is 4.39. The largest absolute Gasteiger partial charge is 0.465 e. The highest BCUT2D eigenvalue weighted by Crippen LogP contribution is 2.18. The standard InChI is InChI=1S/C20H20N4O3/c1-12-8-9-17(10-13(12)2)24-14(3)18(22-23-24)19(25)21-16-7-5-6-15(11-16)20(26)27-4/h5-11H,1-4H3,(H,21,25). The van der Waals surface area contributed by atoms with Gasteiger partial charge in [0.25, 0.3) is 5.91 Å². The lowest BCUT2D eigenvalue weighted by Gasteiger charge is -2.08. The smallest absolute Gasteiger partial charge is 0.337 e. The van der Waals surface area contributed by atoms with Crippen LogP contribution >= 0.6 is 0 Å². The summed E-state index contributed by atoms with van der Waals surface area (Å²) in [7, 11) is 1.31. The van der Waals surface area contributed by atoms with Crippen molar-refractivity contribution in [2.75, 3.05) is 12.4 Å². The van der Waals surface area contributed by atoms with Gasteiger partial charge in [-0.25, -0.2) is 9.48 Å². The number of ether oxygens (including phenoxy) is 1. The van der Waals surface area contributed by atoms with E-state index in [2.05, 4.69) is 15.6 Å². The molecule has 1 amide bonds. The number of hydrogen-bond acceptors (Lipinski definition) is 5. The number of aromatic nitrogens is 3. The van der Waals surface area contributed by atoms with Crippen LogP contribution in [0.2, 0.25) is 0 Å². The normalized spacial score (nSPS) is 10.5. The van der Waals surface area contributed by atoms with Crippen molar-refractivity contribution in [1.29, 1.82) is 0 Å². The van der Waals surface area contributed by atoms with Crippen LogP contribution in [-0.4, -0.2) is 34.0 Å². The molecule has 0 radical (unpaired) electrons. The molecule has 0 fully saturated rings. The number of carbonyl (C=O) groups excluding carboxylic acids is 2. The van der Waals surface area contributed by atoms with Gasteiger partial charge >= 0.3 is 5.97 Å². The number of anilines is 1. The number of amides is 1. The molecule has 138 valence electrons. The van der Waals surface area contributed by atoms with Gasteiger partial charge in [0.05, 0.1) is 24.1 Å². The van der Waals surface area contributed by atoms with Crippen molar-refractivity contribution in [2.45, 2.75) is 20.8 Å². The lowest BCUT2D eigenvalue weighted by atomic mass is 10.1. The first-order chi connectivity index (χ1) is 12.9. The highest BCUT2D eigenvalue weighted by Gasteiger charge is 2.18. The molecule has 3 aromatic rings. The van der Waals surface area contributed by atoms with E-state index in [0.717, 1.165) is 11.3 Å². The lowest BCUT2D eigenvalue weighted by molar-refractivity contribution is 0.0600. The molecule has 7 nitrogen and oxygen atoms in total. The Labute approximate surface area is 157 Å². The molecule has 1 aromatic heterocycles. The van der Waals surface area contributed by atoms with Crippen LogP contribution in [0.1, 0.15) is 37.7 Å². The molecule has 3 rings (SSSR count). The first-order valence-corrected chi connectivity index (χ1v) is 8.40. The van der Waals surface area contributed by atoms with E-state index >= 15 is 0 Å². The minimum atomic E-state index is -0.469. The zero-order valence-electron chi connectivity index (χ0n) is 15.6. The van der Waals surface area contributed by atoms with Gasteiger partial charge in [-0.1, -0.05) is 17.3 Å². The quantitative estimate of drug-likeness (QED) is 0.718. The Hall–Kier alpha value is -3.48. The molecule has 0 saturated heterocycles. The van der Waals surface area contributed by atoms with E-state index in [1.165, 1.54) is 12.7 Å². The van der Waals surface area contributed by atoms with Crippen LogP contribution in [0.4, 0.5) is 5.69 Å². The van der Waals surface area contributed by atoms with Crippen molar-refractivity contribution in [2.24, 2.45) is 0 Å². The number of benzene rings is 2. The maximum absolute atomic E-state index is 12.6. The third kappa shape index (κ3) is 3.72. The van der Waals surface area contributed by atoms with Gasteiger partial charge in [-0.05, 0) is 62.2 Å². The van der Waals surface area contributed by atoms with E-state index in [1.807, 2.05) is 32.0 Å². The summed E-state index contributed by atoms with van der Waals surface area (Å²) in [5.41, 5.74) is 4.83. The first-order valence-electron chi connectivity index (χ1n) is 8.40. The summed E-state index contributed by atoms with van der Waals surface area (Å²) < 4.78 is 6.32. The average molecular weight is 364 g/mol. The fourth-order valence-electron chi connectivity index (χ4n) is 2.67. The Morgan fingerprint density at radius 1 is 1.04 bits per heavy atom. The molecular formula is C20H20N4O3. The van der Waals surface area contributed by atoms with Crippen LogP contribution in [0, 0.1) is 20.8 Å². The van der Waals surface area contributed by atoms with E-state index in [4.69, 9.17) is 4.74 Å². The van der Waals surface area contributed by atoms with Crippen LogP contribution in [0.5, 0.6) is 0 Å². The van der Waals surface area contributed by atoms with E-state index in [0.29, 0.717) is 16.9 Å². The van der Waals surface area contributed by atoms with Gasteiger partial charge in [-0.3, -0.25) is 4.79 Å². The van der Waals surface area contributed by atoms with E-state index in [1.54, 1.807) is 35.9 Å². The van der Waals surface area contributed by atoms with Crippen LogP contribution < -0.4 is 5.32 Å². The van der Waals surface area contributed by atoms with Crippen molar-refractivity contribution in [3.8, 4) is 5.69 Å². The summed E-state index contributed by atoms with van der Waals surface area (Å²) in [4.78, 5) is 24.2.